The van der Waals surface area contributed by atoms with Gasteiger partial charge in [-0.1, -0.05) is 43.3 Å². The molecule has 0 heterocycles. The number of benzene rings is 2. The molecular formula is C19H22O2. The van der Waals surface area contributed by atoms with Crippen molar-refractivity contribution in [2.24, 2.45) is 0 Å². The van der Waals surface area contributed by atoms with Crippen LogP contribution in [0.2, 0.25) is 0 Å². The summed E-state index contributed by atoms with van der Waals surface area (Å²) < 4.78 is 5.59. The Kier molecular flexibility index (Phi) is 4.26. The number of rotatable bonds is 5. The van der Waals surface area contributed by atoms with Crippen molar-refractivity contribution in [1.82, 2.24) is 0 Å². The number of aryl methyl sites for hydroxylation is 1. The van der Waals surface area contributed by atoms with Crippen molar-refractivity contribution in [2.45, 2.75) is 38.2 Å². The van der Waals surface area contributed by atoms with Gasteiger partial charge in [-0.25, -0.2) is 0 Å². The SMILES string of the molecule is CCCOc1ccc(C(O)C2CCc3ccccc32)cc1. The normalized spacial score (nSPS) is 18.3. The molecule has 2 atom stereocenters. The Labute approximate surface area is 126 Å². The zero-order valence-corrected chi connectivity index (χ0v) is 12.5. The van der Waals surface area contributed by atoms with E-state index in [1.807, 2.05) is 24.3 Å². The highest BCUT2D eigenvalue weighted by molar-refractivity contribution is 5.38. The monoisotopic (exact) mass is 282 g/mol. The minimum absolute atomic E-state index is 0.212. The largest absolute Gasteiger partial charge is 0.494 e. The second kappa shape index (κ2) is 6.31. The second-order valence-corrected chi connectivity index (χ2v) is 5.71. The smallest absolute Gasteiger partial charge is 0.119 e. The molecule has 1 aliphatic carbocycles. The maximum absolute atomic E-state index is 10.7. The lowest BCUT2D eigenvalue weighted by molar-refractivity contribution is 0.145. The molecule has 0 aromatic heterocycles. The minimum Gasteiger partial charge on any atom is -0.494 e. The number of fused-ring (bicyclic) bond motifs is 1. The summed E-state index contributed by atoms with van der Waals surface area (Å²) in [5.41, 5.74) is 3.65. The Morgan fingerprint density at radius 2 is 1.90 bits per heavy atom. The summed E-state index contributed by atoms with van der Waals surface area (Å²) in [6.45, 7) is 2.83. The molecular weight excluding hydrogens is 260 g/mol. The van der Waals surface area contributed by atoms with Gasteiger partial charge in [0.2, 0.25) is 0 Å². The molecule has 1 aliphatic rings. The van der Waals surface area contributed by atoms with E-state index in [0.29, 0.717) is 0 Å². The Bertz CT molecular complexity index is 589. The maximum atomic E-state index is 10.7. The second-order valence-electron chi connectivity index (χ2n) is 5.71. The van der Waals surface area contributed by atoms with Gasteiger partial charge in [0.25, 0.3) is 0 Å². The van der Waals surface area contributed by atoms with Crippen molar-refractivity contribution in [1.29, 1.82) is 0 Å². The summed E-state index contributed by atoms with van der Waals surface area (Å²) in [6.07, 6.45) is 2.65. The Morgan fingerprint density at radius 3 is 2.67 bits per heavy atom. The molecule has 0 aliphatic heterocycles. The van der Waals surface area contributed by atoms with Crippen LogP contribution in [0.1, 0.15) is 48.5 Å². The fourth-order valence-electron chi connectivity index (χ4n) is 3.13. The van der Waals surface area contributed by atoms with Crippen LogP contribution in [-0.4, -0.2) is 11.7 Å². The number of aliphatic hydroxyl groups is 1. The van der Waals surface area contributed by atoms with E-state index in [1.165, 1.54) is 11.1 Å². The molecule has 2 heteroatoms. The number of ether oxygens (including phenoxy) is 1. The first-order valence-corrected chi connectivity index (χ1v) is 7.78. The first-order valence-electron chi connectivity index (χ1n) is 7.78. The number of aliphatic hydroxyl groups excluding tert-OH is 1. The summed E-state index contributed by atoms with van der Waals surface area (Å²) in [4.78, 5) is 0. The predicted molar refractivity (Wildman–Crippen MR) is 84.7 cm³/mol. The van der Waals surface area contributed by atoms with Crippen LogP contribution in [-0.2, 0) is 6.42 Å². The van der Waals surface area contributed by atoms with Gasteiger partial charge in [0.1, 0.15) is 5.75 Å². The highest BCUT2D eigenvalue weighted by atomic mass is 16.5. The fourth-order valence-corrected chi connectivity index (χ4v) is 3.13. The van der Waals surface area contributed by atoms with E-state index in [9.17, 15) is 5.11 Å². The molecule has 21 heavy (non-hydrogen) atoms. The van der Waals surface area contributed by atoms with Gasteiger partial charge in [-0.15, -0.1) is 0 Å². The van der Waals surface area contributed by atoms with Gasteiger partial charge < -0.3 is 9.84 Å². The molecule has 0 amide bonds. The van der Waals surface area contributed by atoms with Gasteiger partial charge in [0.15, 0.2) is 0 Å². The van der Waals surface area contributed by atoms with Crippen LogP contribution >= 0.6 is 0 Å². The summed E-state index contributed by atoms with van der Waals surface area (Å²) in [7, 11) is 0. The molecule has 0 saturated heterocycles. The summed E-state index contributed by atoms with van der Waals surface area (Å²) in [5.74, 6) is 1.09. The van der Waals surface area contributed by atoms with E-state index < -0.39 is 6.10 Å². The molecule has 2 nitrogen and oxygen atoms in total. The number of hydrogen-bond acceptors (Lipinski definition) is 2. The first kappa shape index (κ1) is 14.2. The van der Waals surface area contributed by atoms with Crippen LogP contribution in [0.4, 0.5) is 0 Å². The van der Waals surface area contributed by atoms with Gasteiger partial charge >= 0.3 is 0 Å². The first-order chi connectivity index (χ1) is 10.3. The molecule has 1 N–H and O–H groups in total. The van der Waals surface area contributed by atoms with E-state index in [4.69, 9.17) is 4.74 Å². The third-order valence-corrected chi connectivity index (χ3v) is 4.25. The van der Waals surface area contributed by atoms with E-state index >= 15 is 0 Å². The Balaban J connectivity index is 1.75. The van der Waals surface area contributed by atoms with E-state index in [-0.39, 0.29) is 5.92 Å². The van der Waals surface area contributed by atoms with Gasteiger partial charge in [-0.2, -0.15) is 0 Å². The van der Waals surface area contributed by atoms with Gasteiger partial charge in [-0.05, 0) is 48.1 Å². The van der Waals surface area contributed by atoms with Crippen molar-refractivity contribution < 1.29 is 9.84 Å². The molecule has 2 aromatic rings. The molecule has 0 saturated carbocycles. The molecule has 0 radical (unpaired) electrons. The van der Waals surface area contributed by atoms with Crippen LogP contribution in [0.3, 0.4) is 0 Å². The van der Waals surface area contributed by atoms with Gasteiger partial charge in [0.05, 0.1) is 12.7 Å². The van der Waals surface area contributed by atoms with Crippen LogP contribution in [0.15, 0.2) is 48.5 Å². The van der Waals surface area contributed by atoms with Gasteiger partial charge in [0, 0.05) is 5.92 Å². The lowest BCUT2D eigenvalue weighted by atomic mass is 9.90. The van der Waals surface area contributed by atoms with Crippen molar-refractivity contribution >= 4 is 0 Å². The number of hydrogen-bond donors (Lipinski definition) is 1. The Morgan fingerprint density at radius 1 is 1.14 bits per heavy atom. The Hall–Kier alpha value is -1.80. The fraction of sp³-hybridized carbons (Fsp3) is 0.368. The molecule has 110 valence electrons. The van der Waals surface area contributed by atoms with Crippen LogP contribution < -0.4 is 4.74 Å². The standard InChI is InChI=1S/C19H22O2/c1-2-13-21-16-10-7-15(8-11-16)19(20)18-12-9-14-5-3-4-6-17(14)18/h3-8,10-11,18-20H,2,9,12-13H2,1H3. The van der Waals surface area contributed by atoms with Crippen molar-refractivity contribution in [3.8, 4) is 5.75 Å². The van der Waals surface area contributed by atoms with Crippen LogP contribution in [0.5, 0.6) is 5.75 Å². The van der Waals surface area contributed by atoms with Crippen LogP contribution in [0, 0.1) is 0 Å². The molecule has 0 bridgehead atoms. The van der Waals surface area contributed by atoms with Crippen molar-refractivity contribution in [3.05, 3.63) is 65.2 Å². The molecule has 0 fully saturated rings. The van der Waals surface area contributed by atoms with E-state index in [0.717, 1.165) is 37.2 Å². The average molecular weight is 282 g/mol. The van der Waals surface area contributed by atoms with Gasteiger partial charge in [-0.3, -0.25) is 0 Å². The molecule has 2 unspecified atom stereocenters. The van der Waals surface area contributed by atoms with Crippen molar-refractivity contribution in [2.75, 3.05) is 6.61 Å². The highest BCUT2D eigenvalue weighted by Gasteiger charge is 2.29. The third kappa shape index (κ3) is 2.96. The quantitative estimate of drug-likeness (QED) is 0.889. The average Bonchev–Trinajstić information content (AvgIpc) is 2.97. The lowest BCUT2D eigenvalue weighted by Crippen LogP contribution is -2.08. The predicted octanol–water partition coefficient (Wildman–Crippen LogP) is 4.24. The molecule has 3 rings (SSSR count). The highest BCUT2D eigenvalue weighted by Crippen LogP contribution is 2.41. The van der Waals surface area contributed by atoms with Crippen molar-refractivity contribution in [3.63, 3.8) is 0 Å². The topological polar surface area (TPSA) is 29.5 Å². The summed E-state index contributed by atoms with van der Waals surface area (Å²) >= 11 is 0. The maximum Gasteiger partial charge on any atom is 0.119 e. The summed E-state index contributed by atoms with van der Waals surface area (Å²) in [6, 6.07) is 16.3. The van der Waals surface area contributed by atoms with E-state index in [1.54, 1.807) is 0 Å². The minimum atomic E-state index is -0.436. The third-order valence-electron chi connectivity index (χ3n) is 4.25. The van der Waals surface area contributed by atoms with E-state index in [2.05, 4.69) is 31.2 Å². The molecule has 2 aromatic carbocycles. The molecule has 0 spiro atoms. The summed E-state index contributed by atoms with van der Waals surface area (Å²) in [5, 5.41) is 10.7. The lowest BCUT2D eigenvalue weighted by Gasteiger charge is -2.20. The zero-order valence-electron chi connectivity index (χ0n) is 12.5. The zero-order chi connectivity index (χ0) is 14.7. The van der Waals surface area contributed by atoms with Crippen LogP contribution in [0.25, 0.3) is 0 Å².